The van der Waals surface area contributed by atoms with E-state index in [9.17, 15) is 23.1 Å². The average molecular weight is 295 g/mol. The minimum atomic E-state index is -4.63. The van der Waals surface area contributed by atoms with E-state index >= 15 is 0 Å². The first kappa shape index (κ1) is 15.6. The lowest BCUT2D eigenvalue weighted by Crippen LogP contribution is -2.54. The molecule has 1 atom stereocenters. The number of carbonyl (C=O) groups excluding carboxylic acids is 1. The molecule has 1 N–H and O–H groups in total. The quantitative estimate of drug-likeness (QED) is 0.864. The van der Waals surface area contributed by atoms with Gasteiger partial charge in [-0.1, -0.05) is 0 Å². The highest BCUT2D eigenvalue weighted by molar-refractivity contribution is 5.76. The van der Waals surface area contributed by atoms with Gasteiger partial charge in [0.2, 0.25) is 5.91 Å². The number of alkyl halides is 3. The second kappa shape index (κ2) is 5.89. The van der Waals surface area contributed by atoms with Gasteiger partial charge < -0.3 is 14.7 Å². The van der Waals surface area contributed by atoms with Gasteiger partial charge in [0.25, 0.3) is 0 Å². The number of carbonyl (C=O) groups is 1. The summed E-state index contributed by atoms with van der Waals surface area (Å²) in [6.45, 7) is 0.641. The Bertz CT molecular complexity index is 345. The van der Waals surface area contributed by atoms with Crippen molar-refractivity contribution in [2.75, 3.05) is 19.7 Å². The van der Waals surface area contributed by atoms with E-state index < -0.39 is 24.6 Å². The molecule has 1 amide bonds. The smallest absolute Gasteiger partial charge is 0.380 e. The van der Waals surface area contributed by atoms with Gasteiger partial charge in [0.15, 0.2) is 5.60 Å². The fourth-order valence-corrected chi connectivity index (χ4v) is 2.72. The lowest BCUT2D eigenvalue weighted by Gasteiger charge is -2.39. The highest BCUT2D eigenvalue weighted by atomic mass is 19.4. The number of nitrogens with zero attached hydrogens (tertiary/aromatic N) is 1. The maximum absolute atomic E-state index is 12.6. The molecule has 2 aliphatic rings. The highest BCUT2D eigenvalue weighted by Gasteiger charge is 2.54. The van der Waals surface area contributed by atoms with E-state index in [0.29, 0.717) is 12.8 Å². The largest absolute Gasteiger partial charge is 0.417 e. The molecule has 7 heteroatoms. The van der Waals surface area contributed by atoms with Gasteiger partial charge in [-0.25, -0.2) is 0 Å². The number of rotatable bonds is 3. The van der Waals surface area contributed by atoms with Gasteiger partial charge in [0.05, 0.1) is 6.10 Å². The highest BCUT2D eigenvalue weighted by Crippen LogP contribution is 2.38. The fourth-order valence-electron chi connectivity index (χ4n) is 2.72. The van der Waals surface area contributed by atoms with Crippen LogP contribution in [0.5, 0.6) is 0 Å². The second-order valence-corrected chi connectivity index (χ2v) is 5.58. The summed E-state index contributed by atoms with van der Waals surface area (Å²) in [5.41, 5.74) is -2.64. The molecule has 20 heavy (non-hydrogen) atoms. The lowest BCUT2D eigenvalue weighted by molar-refractivity contribution is -0.272. The van der Waals surface area contributed by atoms with Crippen LogP contribution >= 0.6 is 0 Å². The van der Waals surface area contributed by atoms with Crippen LogP contribution in [0.4, 0.5) is 13.2 Å². The van der Waals surface area contributed by atoms with Crippen LogP contribution in [0, 0.1) is 0 Å². The topological polar surface area (TPSA) is 49.8 Å². The Labute approximate surface area is 115 Å². The third-order valence-electron chi connectivity index (χ3n) is 4.18. The molecule has 0 aromatic heterocycles. The summed E-state index contributed by atoms with van der Waals surface area (Å²) in [6.07, 6.45) is -2.53. The van der Waals surface area contributed by atoms with Crippen molar-refractivity contribution in [2.45, 2.75) is 56.4 Å². The summed E-state index contributed by atoms with van der Waals surface area (Å²) in [5, 5.41) is 9.53. The van der Waals surface area contributed by atoms with E-state index in [2.05, 4.69) is 0 Å². The number of ether oxygens (including phenoxy) is 1. The summed E-state index contributed by atoms with van der Waals surface area (Å²) < 4.78 is 43.3. The number of halogens is 3. The Balaban J connectivity index is 1.76. The predicted octanol–water partition coefficient (Wildman–Crippen LogP) is 1.86. The number of hydrogen-bond acceptors (Lipinski definition) is 3. The molecule has 2 aliphatic heterocycles. The summed E-state index contributed by atoms with van der Waals surface area (Å²) in [5.74, 6) is -0.148. The zero-order valence-electron chi connectivity index (χ0n) is 11.3. The van der Waals surface area contributed by atoms with Crippen molar-refractivity contribution >= 4 is 5.91 Å². The molecule has 116 valence electrons. The molecule has 4 nitrogen and oxygen atoms in total. The molecule has 0 bridgehead atoms. The molecule has 2 saturated heterocycles. The maximum atomic E-state index is 12.6. The van der Waals surface area contributed by atoms with Crippen molar-refractivity contribution in [3.63, 3.8) is 0 Å². The van der Waals surface area contributed by atoms with E-state index in [4.69, 9.17) is 4.74 Å². The van der Waals surface area contributed by atoms with E-state index in [1.165, 1.54) is 4.90 Å². The van der Waals surface area contributed by atoms with E-state index in [-0.39, 0.29) is 25.1 Å². The van der Waals surface area contributed by atoms with Gasteiger partial charge in [-0.2, -0.15) is 13.2 Å². The maximum Gasteiger partial charge on any atom is 0.417 e. The van der Waals surface area contributed by atoms with Crippen molar-refractivity contribution in [1.82, 2.24) is 4.90 Å². The standard InChI is InChI=1S/C13H20F3NO3/c14-13(15,16)12(19)5-7-17(8-6-12)11(18)4-3-10-2-1-9-20-10/h10,19H,1-9H2/t10-/m1/s1. The average Bonchev–Trinajstić information content (AvgIpc) is 2.88. The lowest BCUT2D eigenvalue weighted by atomic mass is 9.90. The van der Waals surface area contributed by atoms with E-state index in [1.54, 1.807) is 0 Å². The SMILES string of the molecule is O=C(CC[C@H]1CCCO1)N1CCC(O)(C(F)(F)F)CC1. The van der Waals surface area contributed by atoms with Gasteiger partial charge in [-0.3, -0.25) is 4.79 Å². The van der Waals surface area contributed by atoms with E-state index in [1.807, 2.05) is 0 Å². The molecule has 0 saturated carbocycles. The van der Waals surface area contributed by atoms with Crippen molar-refractivity contribution in [3.8, 4) is 0 Å². The predicted molar refractivity (Wildman–Crippen MR) is 65.0 cm³/mol. The van der Waals surface area contributed by atoms with Crippen LogP contribution < -0.4 is 0 Å². The summed E-state index contributed by atoms with van der Waals surface area (Å²) >= 11 is 0. The summed E-state index contributed by atoms with van der Waals surface area (Å²) in [7, 11) is 0. The summed E-state index contributed by atoms with van der Waals surface area (Å²) in [6, 6.07) is 0. The Morgan fingerprint density at radius 3 is 2.50 bits per heavy atom. The number of piperidine rings is 1. The van der Waals surface area contributed by atoms with Crippen molar-refractivity contribution in [3.05, 3.63) is 0 Å². The summed E-state index contributed by atoms with van der Waals surface area (Å²) in [4.78, 5) is 13.3. The van der Waals surface area contributed by atoms with Gasteiger partial charge >= 0.3 is 6.18 Å². The number of amides is 1. The molecule has 0 radical (unpaired) electrons. The fraction of sp³-hybridized carbons (Fsp3) is 0.923. The third kappa shape index (κ3) is 3.44. The van der Waals surface area contributed by atoms with Gasteiger partial charge in [0.1, 0.15) is 0 Å². The first-order valence-corrected chi connectivity index (χ1v) is 7.00. The molecular weight excluding hydrogens is 275 g/mol. The first-order valence-electron chi connectivity index (χ1n) is 7.00. The first-order chi connectivity index (χ1) is 9.32. The van der Waals surface area contributed by atoms with Gasteiger partial charge in [0, 0.05) is 39.0 Å². The minimum absolute atomic E-state index is 0.0413. The zero-order chi connectivity index (χ0) is 14.8. The number of likely N-dealkylation sites (tertiary alicyclic amines) is 1. The second-order valence-electron chi connectivity index (χ2n) is 5.58. The van der Waals surface area contributed by atoms with Crippen molar-refractivity contribution in [1.29, 1.82) is 0 Å². The van der Waals surface area contributed by atoms with Crippen LogP contribution in [0.15, 0.2) is 0 Å². The van der Waals surface area contributed by atoms with Crippen LogP contribution in [-0.2, 0) is 9.53 Å². The molecule has 0 aromatic carbocycles. The monoisotopic (exact) mass is 295 g/mol. The molecule has 2 heterocycles. The van der Waals surface area contributed by atoms with Crippen molar-refractivity contribution in [2.24, 2.45) is 0 Å². The molecular formula is C13H20F3NO3. The minimum Gasteiger partial charge on any atom is -0.380 e. The molecule has 2 fully saturated rings. The van der Waals surface area contributed by atoms with Crippen molar-refractivity contribution < 1.29 is 27.8 Å². The molecule has 0 aliphatic carbocycles. The Kier molecular flexibility index (Phi) is 4.59. The molecule has 0 aromatic rings. The Morgan fingerprint density at radius 2 is 2.00 bits per heavy atom. The number of hydrogen-bond donors (Lipinski definition) is 1. The van der Waals surface area contributed by atoms with Crippen LogP contribution in [0.2, 0.25) is 0 Å². The molecule has 0 spiro atoms. The molecule has 0 unspecified atom stereocenters. The zero-order valence-corrected chi connectivity index (χ0v) is 11.3. The number of aliphatic hydroxyl groups is 1. The van der Waals surface area contributed by atoms with Crippen LogP contribution in [0.3, 0.4) is 0 Å². The Morgan fingerprint density at radius 1 is 1.35 bits per heavy atom. The molecule has 2 rings (SSSR count). The Hall–Kier alpha value is -0.820. The normalized spacial score (nSPS) is 26.8. The van der Waals surface area contributed by atoms with Crippen LogP contribution in [0.25, 0.3) is 0 Å². The van der Waals surface area contributed by atoms with E-state index in [0.717, 1.165) is 19.4 Å². The third-order valence-corrected chi connectivity index (χ3v) is 4.18. The van der Waals surface area contributed by atoms with Crippen LogP contribution in [0.1, 0.15) is 38.5 Å². The van der Waals surface area contributed by atoms with Crippen LogP contribution in [-0.4, -0.2) is 53.5 Å². The van der Waals surface area contributed by atoms with Gasteiger partial charge in [-0.05, 0) is 19.3 Å². The van der Waals surface area contributed by atoms with Gasteiger partial charge in [-0.15, -0.1) is 0 Å².